The van der Waals surface area contributed by atoms with Gasteiger partial charge in [-0.2, -0.15) is 0 Å². The SMILES string of the molecule is Cc1ccccc1CCC(=O)N1C(=O)OC[C@@H]1Cc1ccccc1. The number of aryl methyl sites for hydroxylation is 2. The number of cyclic esters (lactones) is 1. The van der Waals surface area contributed by atoms with Crippen molar-refractivity contribution in [2.24, 2.45) is 0 Å². The second-order valence-electron chi connectivity index (χ2n) is 6.11. The van der Waals surface area contributed by atoms with E-state index in [0.717, 1.165) is 16.7 Å². The topological polar surface area (TPSA) is 46.6 Å². The van der Waals surface area contributed by atoms with Crippen LogP contribution in [0.15, 0.2) is 54.6 Å². The Balaban J connectivity index is 1.65. The molecule has 4 nitrogen and oxygen atoms in total. The quantitative estimate of drug-likeness (QED) is 0.846. The molecule has 124 valence electrons. The Labute approximate surface area is 142 Å². The van der Waals surface area contributed by atoms with Gasteiger partial charge in [-0.1, -0.05) is 54.6 Å². The van der Waals surface area contributed by atoms with E-state index < -0.39 is 6.09 Å². The van der Waals surface area contributed by atoms with Gasteiger partial charge in [-0.25, -0.2) is 9.69 Å². The first-order valence-electron chi connectivity index (χ1n) is 8.22. The van der Waals surface area contributed by atoms with Gasteiger partial charge < -0.3 is 4.74 Å². The van der Waals surface area contributed by atoms with Crippen LogP contribution in [0.4, 0.5) is 4.79 Å². The monoisotopic (exact) mass is 323 g/mol. The molecule has 1 fully saturated rings. The van der Waals surface area contributed by atoms with Crippen molar-refractivity contribution < 1.29 is 14.3 Å². The zero-order valence-corrected chi connectivity index (χ0v) is 13.8. The van der Waals surface area contributed by atoms with E-state index >= 15 is 0 Å². The largest absolute Gasteiger partial charge is 0.447 e. The summed E-state index contributed by atoms with van der Waals surface area (Å²) in [6.45, 7) is 2.30. The van der Waals surface area contributed by atoms with Crippen molar-refractivity contribution in [1.82, 2.24) is 4.90 Å². The number of carbonyl (C=O) groups excluding carboxylic acids is 2. The molecule has 2 aromatic carbocycles. The molecule has 4 heteroatoms. The van der Waals surface area contributed by atoms with E-state index in [0.29, 0.717) is 19.3 Å². The van der Waals surface area contributed by atoms with Gasteiger partial charge in [-0.15, -0.1) is 0 Å². The molecule has 1 heterocycles. The molecule has 1 saturated heterocycles. The van der Waals surface area contributed by atoms with E-state index in [9.17, 15) is 9.59 Å². The standard InChI is InChI=1S/C20H21NO3/c1-15-7-5-6-10-17(15)11-12-19(22)21-18(14-24-20(21)23)13-16-8-3-2-4-9-16/h2-10,18H,11-14H2,1H3/t18-/m0/s1. The van der Waals surface area contributed by atoms with Gasteiger partial charge in [0.15, 0.2) is 0 Å². The molecule has 0 saturated carbocycles. The van der Waals surface area contributed by atoms with Crippen LogP contribution in [-0.4, -0.2) is 29.5 Å². The molecular formula is C20H21NO3. The molecule has 0 aliphatic carbocycles. The number of rotatable bonds is 5. The van der Waals surface area contributed by atoms with E-state index in [1.54, 1.807) is 0 Å². The van der Waals surface area contributed by atoms with Gasteiger partial charge in [0.1, 0.15) is 6.61 Å². The molecule has 0 spiro atoms. The van der Waals surface area contributed by atoms with Gasteiger partial charge >= 0.3 is 6.09 Å². The van der Waals surface area contributed by atoms with Crippen molar-refractivity contribution in [3.63, 3.8) is 0 Å². The van der Waals surface area contributed by atoms with E-state index in [4.69, 9.17) is 4.74 Å². The minimum absolute atomic E-state index is 0.165. The zero-order chi connectivity index (χ0) is 16.9. The molecule has 0 unspecified atom stereocenters. The Morgan fingerprint density at radius 1 is 1.12 bits per heavy atom. The van der Waals surface area contributed by atoms with Crippen LogP contribution in [0.1, 0.15) is 23.1 Å². The van der Waals surface area contributed by atoms with Crippen molar-refractivity contribution in [1.29, 1.82) is 0 Å². The molecular weight excluding hydrogens is 302 g/mol. The highest BCUT2D eigenvalue weighted by Crippen LogP contribution is 2.19. The van der Waals surface area contributed by atoms with Crippen LogP contribution >= 0.6 is 0 Å². The van der Waals surface area contributed by atoms with E-state index in [1.165, 1.54) is 4.90 Å². The lowest BCUT2D eigenvalue weighted by molar-refractivity contribution is -0.129. The molecule has 1 aliphatic rings. The summed E-state index contributed by atoms with van der Waals surface area (Å²) in [7, 11) is 0. The first kappa shape index (κ1) is 16.2. The average molecular weight is 323 g/mol. The molecule has 0 radical (unpaired) electrons. The predicted molar refractivity (Wildman–Crippen MR) is 91.6 cm³/mol. The summed E-state index contributed by atoms with van der Waals surface area (Å²) in [5.74, 6) is -0.165. The average Bonchev–Trinajstić information content (AvgIpc) is 2.95. The predicted octanol–water partition coefficient (Wildman–Crippen LogP) is 3.52. The van der Waals surface area contributed by atoms with Crippen LogP contribution in [0.2, 0.25) is 0 Å². The second-order valence-corrected chi connectivity index (χ2v) is 6.11. The molecule has 1 atom stereocenters. The van der Waals surface area contributed by atoms with Crippen LogP contribution in [0, 0.1) is 6.92 Å². The lowest BCUT2D eigenvalue weighted by Gasteiger charge is -2.20. The van der Waals surface area contributed by atoms with Gasteiger partial charge in [-0.05, 0) is 36.5 Å². The lowest BCUT2D eigenvalue weighted by atomic mass is 10.0. The first-order chi connectivity index (χ1) is 11.6. The maximum atomic E-state index is 12.6. The van der Waals surface area contributed by atoms with Crippen molar-refractivity contribution >= 4 is 12.0 Å². The smallest absolute Gasteiger partial charge is 0.416 e. The number of hydrogen-bond acceptors (Lipinski definition) is 3. The normalized spacial score (nSPS) is 17.0. The Hall–Kier alpha value is -2.62. The van der Waals surface area contributed by atoms with Gasteiger partial charge in [-0.3, -0.25) is 4.79 Å². The highest BCUT2D eigenvalue weighted by molar-refractivity contribution is 5.93. The van der Waals surface area contributed by atoms with Gasteiger partial charge in [0.25, 0.3) is 0 Å². The molecule has 0 aromatic heterocycles. The minimum Gasteiger partial charge on any atom is -0.447 e. The maximum Gasteiger partial charge on any atom is 0.416 e. The molecule has 24 heavy (non-hydrogen) atoms. The second kappa shape index (κ2) is 7.30. The Kier molecular flexibility index (Phi) is 4.94. The number of carbonyl (C=O) groups is 2. The van der Waals surface area contributed by atoms with E-state index in [2.05, 4.69) is 0 Å². The summed E-state index contributed by atoms with van der Waals surface area (Å²) in [6, 6.07) is 17.6. The molecule has 0 N–H and O–H groups in total. The third-order valence-corrected chi connectivity index (χ3v) is 4.41. The van der Waals surface area contributed by atoms with Crippen LogP contribution in [0.3, 0.4) is 0 Å². The van der Waals surface area contributed by atoms with Gasteiger partial charge in [0, 0.05) is 6.42 Å². The summed E-state index contributed by atoms with van der Waals surface area (Å²) < 4.78 is 5.11. The number of hydrogen-bond donors (Lipinski definition) is 0. The van der Waals surface area contributed by atoms with Crippen molar-refractivity contribution in [3.8, 4) is 0 Å². The zero-order valence-electron chi connectivity index (χ0n) is 13.8. The summed E-state index contributed by atoms with van der Waals surface area (Å²) in [6.07, 6.45) is 1.05. The van der Waals surface area contributed by atoms with Crippen molar-refractivity contribution in [2.45, 2.75) is 32.2 Å². The van der Waals surface area contributed by atoms with Gasteiger partial charge in [0.2, 0.25) is 5.91 Å². The van der Waals surface area contributed by atoms with Crippen LogP contribution < -0.4 is 0 Å². The summed E-state index contributed by atoms with van der Waals surface area (Å²) in [5.41, 5.74) is 3.39. The summed E-state index contributed by atoms with van der Waals surface area (Å²) >= 11 is 0. The Morgan fingerprint density at radius 3 is 2.58 bits per heavy atom. The molecule has 2 aromatic rings. The van der Waals surface area contributed by atoms with Gasteiger partial charge in [0.05, 0.1) is 6.04 Å². The fourth-order valence-electron chi connectivity index (χ4n) is 3.06. The summed E-state index contributed by atoms with van der Waals surface area (Å²) in [5, 5.41) is 0. The molecule has 0 bridgehead atoms. The lowest BCUT2D eigenvalue weighted by Crippen LogP contribution is -2.40. The molecule has 2 amide bonds. The summed E-state index contributed by atoms with van der Waals surface area (Å²) in [4.78, 5) is 25.8. The van der Waals surface area contributed by atoms with E-state index in [-0.39, 0.29) is 18.6 Å². The van der Waals surface area contributed by atoms with Crippen molar-refractivity contribution in [3.05, 3.63) is 71.3 Å². The van der Waals surface area contributed by atoms with Crippen LogP contribution in [-0.2, 0) is 22.4 Å². The maximum absolute atomic E-state index is 12.6. The third-order valence-electron chi connectivity index (χ3n) is 4.41. The van der Waals surface area contributed by atoms with Crippen LogP contribution in [0.5, 0.6) is 0 Å². The third kappa shape index (κ3) is 3.65. The van der Waals surface area contributed by atoms with E-state index in [1.807, 2.05) is 61.5 Å². The Bertz CT molecular complexity index is 727. The Morgan fingerprint density at radius 2 is 1.83 bits per heavy atom. The van der Waals surface area contributed by atoms with Crippen molar-refractivity contribution in [2.75, 3.05) is 6.61 Å². The van der Waals surface area contributed by atoms with Crippen LogP contribution in [0.25, 0.3) is 0 Å². The number of ether oxygens (including phenoxy) is 1. The minimum atomic E-state index is -0.522. The number of imide groups is 1. The number of benzene rings is 2. The highest BCUT2D eigenvalue weighted by Gasteiger charge is 2.37. The molecule has 3 rings (SSSR count). The first-order valence-corrected chi connectivity index (χ1v) is 8.22. The fourth-order valence-corrected chi connectivity index (χ4v) is 3.06. The highest BCUT2D eigenvalue weighted by atomic mass is 16.6. The number of amides is 2. The molecule has 1 aliphatic heterocycles. The fraction of sp³-hybridized carbons (Fsp3) is 0.300. The number of nitrogens with zero attached hydrogens (tertiary/aromatic N) is 1.